The molecule has 118 valence electrons. The molecule has 0 bridgehead atoms. The fourth-order valence-corrected chi connectivity index (χ4v) is 2.16. The molecule has 0 aromatic heterocycles. The summed E-state index contributed by atoms with van der Waals surface area (Å²) >= 11 is 0. The van der Waals surface area contributed by atoms with Gasteiger partial charge in [0, 0.05) is 11.1 Å². The molecule has 0 amide bonds. The quantitative estimate of drug-likeness (QED) is 0.401. The van der Waals surface area contributed by atoms with Crippen molar-refractivity contribution in [1.82, 2.24) is 0 Å². The number of rotatable bonds is 1. The van der Waals surface area contributed by atoms with E-state index >= 15 is 0 Å². The number of alkyl halides is 6. The topological polar surface area (TPSA) is 3.01 Å². The molecule has 0 N–H and O–H groups in total. The van der Waals surface area contributed by atoms with Crippen LogP contribution in [0.5, 0.6) is 0 Å². The van der Waals surface area contributed by atoms with Crippen LogP contribution in [0.3, 0.4) is 0 Å². The molecule has 0 spiro atoms. The van der Waals surface area contributed by atoms with Gasteiger partial charge in [0.05, 0.1) is 6.72 Å². The maximum Gasteiger partial charge on any atom is 0.410 e. The highest BCUT2D eigenvalue weighted by molar-refractivity contribution is 5.49. The fraction of sp³-hybridized carbons (Fsp3) is 0.200. The molecule has 1 aromatic rings. The molecular formula is C15H11F6N. The van der Waals surface area contributed by atoms with Gasteiger partial charge in [-0.1, -0.05) is 30.7 Å². The Kier molecular flexibility index (Phi) is 3.85. The Morgan fingerprint density at radius 2 is 1.64 bits per heavy atom. The van der Waals surface area contributed by atoms with Crippen LogP contribution in [0.4, 0.5) is 26.3 Å². The second-order valence-electron chi connectivity index (χ2n) is 4.75. The predicted octanol–water partition coefficient (Wildman–Crippen LogP) is 4.71. The zero-order valence-corrected chi connectivity index (χ0v) is 11.4. The second-order valence-corrected chi connectivity index (χ2v) is 4.75. The highest BCUT2D eigenvalue weighted by Crippen LogP contribution is 2.40. The molecule has 0 atom stereocenters. The van der Waals surface area contributed by atoms with Gasteiger partial charge in [-0.15, -0.1) is 6.08 Å². The van der Waals surface area contributed by atoms with E-state index in [1.54, 1.807) is 6.08 Å². The van der Waals surface area contributed by atoms with E-state index in [0.29, 0.717) is 6.07 Å². The standard InChI is InChI=1S/C15H11F6N/c1-9-11(13-5-3-4-6-22(13)2)7-10(14(16,17)18)8-12(9)15(19,20)21/h3-8H,2H2,1H3. The van der Waals surface area contributed by atoms with E-state index in [1.807, 2.05) is 0 Å². The first-order chi connectivity index (χ1) is 10.0. The average molecular weight is 319 g/mol. The van der Waals surface area contributed by atoms with Crippen molar-refractivity contribution >= 4 is 6.72 Å². The molecule has 0 saturated carbocycles. The number of hydrogen-bond acceptors (Lipinski definition) is 0. The van der Waals surface area contributed by atoms with Crippen LogP contribution in [0.15, 0.2) is 36.6 Å². The van der Waals surface area contributed by atoms with Crippen molar-refractivity contribution in [3.63, 3.8) is 0 Å². The van der Waals surface area contributed by atoms with Crippen LogP contribution in [0.1, 0.15) is 22.3 Å². The number of allylic oxidation sites excluding steroid dienone is 2. The van der Waals surface area contributed by atoms with Gasteiger partial charge in [0.1, 0.15) is 12.2 Å². The number of hydrogen-bond donors (Lipinski definition) is 0. The van der Waals surface area contributed by atoms with Gasteiger partial charge in [-0.25, -0.2) is 0 Å². The highest BCUT2D eigenvalue weighted by Gasteiger charge is 2.38. The van der Waals surface area contributed by atoms with E-state index in [1.165, 1.54) is 22.9 Å². The molecule has 0 fully saturated rings. The minimum absolute atomic E-state index is 0.134. The molecule has 0 radical (unpaired) electrons. The summed E-state index contributed by atoms with van der Waals surface area (Å²) in [7, 11) is 0. The third kappa shape index (κ3) is 3.03. The van der Waals surface area contributed by atoms with Crippen molar-refractivity contribution in [2.75, 3.05) is 0 Å². The van der Waals surface area contributed by atoms with E-state index in [0.717, 1.165) is 6.92 Å². The van der Waals surface area contributed by atoms with E-state index in [-0.39, 0.29) is 23.2 Å². The summed E-state index contributed by atoms with van der Waals surface area (Å²) in [5.41, 5.74) is -3.08. The average Bonchev–Trinajstić information content (AvgIpc) is 2.37. The maximum absolute atomic E-state index is 13.0. The van der Waals surface area contributed by atoms with Crippen LogP contribution in [0.25, 0.3) is 0 Å². The van der Waals surface area contributed by atoms with Gasteiger partial charge in [0.15, 0.2) is 0 Å². The summed E-state index contributed by atoms with van der Waals surface area (Å²) in [5, 5.41) is 0. The minimum Gasteiger partial charge on any atom is -0.255 e. The molecule has 0 unspecified atom stereocenters. The van der Waals surface area contributed by atoms with Crippen LogP contribution in [0.2, 0.25) is 0 Å². The maximum atomic E-state index is 13.0. The molecule has 7 heteroatoms. The van der Waals surface area contributed by atoms with Crippen molar-refractivity contribution in [2.24, 2.45) is 0 Å². The summed E-state index contributed by atoms with van der Waals surface area (Å²) in [5.74, 6) is 0. The van der Waals surface area contributed by atoms with Gasteiger partial charge < -0.3 is 0 Å². The van der Waals surface area contributed by atoms with Gasteiger partial charge in [-0.3, -0.25) is 4.58 Å². The Bertz CT molecular complexity index is 664. The molecule has 2 rings (SSSR count). The monoisotopic (exact) mass is 319 g/mol. The lowest BCUT2D eigenvalue weighted by atomic mass is 9.92. The Balaban J connectivity index is 2.70. The molecule has 0 aliphatic carbocycles. The van der Waals surface area contributed by atoms with Crippen LogP contribution in [-0.4, -0.2) is 11.3 Å². The molecule has 1 nitrogen and oxygen atoms in total. The molecule has 0 saturated heterocycles. The first kappa shape index (κ1) is 16.2. The molecular weight excluding hydrogens is 308 g/mol. The zero-order valence-electron chi connectivity index (χ0n) is 11.4. The lowest BCUT2D eigenvalue weighted by molar-refractivity contribution is -0.417. The van der Waals surface area contributed by atoms with Crippen molar-refractivity contribution in [1.29, 1.82) is 0 Å². The van der Waals surface area contributed by atoms with E-state index < -0.39 is 23.5 Å². The van der Waals surface area contributed by atoms with Crippen LogP contribution < -0.4 is 0 Å². The lowest BCUT2D eigenvalue weighted by Gasteiger charge is -2.24. The minimum atomic E-state index is -4.87. The third-order valence-corrected chi connectivity index (χ3v) is 3.26. The summed E-state index contributed by atoms with van der Waals surface area (Å²) in [4.78, 5) is 0. The van der Waals surface area contributed by atoms with E-state index in [2.05, 4.69) is 6.72 Å². The van der Waals surface area contributed by atoms with Gasteiger partial charge in [0.25, 0.3) is 0 Å². The van der Waals surface area contributed by atoms with Gasteiger partial charge in [-0.2, -0.15) is 26.3 Å². The van der Waals surface area contributed by atoms with Crippen LogP contribution >= 0.6 is 0 Å². The number of nitrogens with zero attached hydrogens (tertiary/aromatic N) is 1. The van der Waals surface area contributed by atoms with E-state index in [4.69, 9.17) is 0 Å². The van der Waals surface area contributed by atoms with Crippen molar-refractivity contribution in [2.45, 2.75) is 19.3 Å². The summed E-state index contributed by atoms with van der Waals surface area (Å²) in [6.45, 7) is 4.72. The molecule has 1 aliphatic rings. The summed E-state index contributed by atoms with van der Waals surface area (Å²) in [6, 6.07) is 1.01. The van der Waals surface area contributed by atoms with Crippen LogP contribution in [-0.2, 0) is 12.4 Å². The summed E-state index contributed by atoms with van der Waals surface area (Å²) < 4.78 is 79.0. The summed E-state index contributed by atoms with van der Waals surface area (Å²) in [6.07, 6.45) is -3.80. The Morgan fingerprint density at radius 3 is 2.14 bits per heavy atom. The lowest BCUT2D eigenvalue weighted by Crippen LogP contribution is -2.19. The SMILES string of the molecule is C=[N+]1C=CC=C[C-]1c1cc(C(F)(F)F)cc(C(F)(F)F)c1C. The zero-order chi connectivity index (χ0) is 16.7. The second kappa shape index (κ2) is 5.23. The fourth-order valence-electron chi connectivity index (χ4n) is 2.16. The van der Waals surface area contributed by atoms with E-state index in [9.17, 15) is 26.3 Å². The molecule has 22 heavy (non-hydrogen) atoms. The first-order valence-electron chi connectivity index (χ1n) is 6.13. The van der Waals surface area contributed by atoms with Crippen molar-refractivity contribution in [3.05, 3.63) is 64.9 Å². The Labute approximate surface area is 122 Å². The molecule has 1 aromatic carbocycles. The third-order valence-electron chi connectivity index (χ3n) is 3.26. The number of halogens is 6. The smallest absolute Gasteiger partial charge is 0.255 e. The Hall–Kier alpha value is -2.18. The number of benzene rings is 1. The first-order valence-corrected chi connectivity index (χ1v) is 6.13. The molecule has 1 heterocycles. The van der Waals surface area contributed by atoms with Crippen LogP contribution in [0, 0.1) is 13.0 Å². The van der Waals surface area contributed by atoms with Crippen molar-refractivity contribution in [3.8, 4) is 0 Å². The van der Waals surface area contributed by atoms with Gasteiger partial charge >= 0.3 is 12.4 Å². The largest absolute Gasteiger partial charge is 0.410 e. The van der Waals surface area contributed by atoms with Crippen molar-refractivity contribution < 1.29 is 30.9 Å². The Morgan fingerprint density at radius 1 is 1.00 bits per heavy atom. The normalized spacial score (nSPS) is 15.6. The highest BCUT2D eigenvalue weighted by atomic mass is 19.4. The molecule has 1 aliphatic heterocycles. The van der Waals surface area contributed by atoms with Gasteiger partial charge in [-0.05, 0) is 11.6 Å². The van der Waals surface area contributed by atoms with Gasteiger partial charge in [0.2, 0.25) is 0 Å². The predicted molar refractivity (Wildman–Crippen MR) is 69.2 cm³/mol.